The normalized spacial score (nSPS) is 27.0. The highest BCUT2D eigenvalue weighted by Crippen LogP contribution is 2.43. The second-order valence-electron chi connectivity index (χ2n) is 6.50. The van der Waals surface area contributed by atoms with Crippen LogP contribution in [0.3, 0.4) is 0 Å². The molecule has 2 atom stereocenters. The fraction of sp³-hybridized carbons (Fsp3) is 0.562. The van der Waals surface area contributed by atoms with E-state index in [-0.39, 0.29) is 19.1 Å². The summed E-state index contributed by atoms with van der Waals surface area (Å²) in [5.74, 6) is 0.273. The van der Waals surface area contributed by atoms with E-state index in [1.807, 2.05) is 30.3 Å². The quantitative estimate of drug-likeness (QED) is 0.786. The van der Waals surface area contributed by atoms with Crippen molar-refractivity contribution in [1.82, 2.24) is 4.90 Å². The molecule has 1 aliphatic carbocycles. The highest BCUT2D eigenvalue weighted by molar-refractivity contribution is 7.86. The molecule has 0 aromatic heterocycles. The Kier molecular flexibility index (Phi) is 4.33. The van der Waals surface area contributed by atoms with Crippen LogP contribution in [-0.2, 0) is 25.6 Å². The fourth-order valence-corrected chi connectivity index (χ4v) is 4.44. The lowest BCUT2D eigenvalue weighted by molar-refractivity contribution is 0.00343. The SMILES string of the molecule is CS(=O)(=O)OC12CCC(CN(C(=O)OCc3ccccc3)C1)C2. The van der Waals surface area contributed by atoms with Gasteiger partial charge >= 0.3 is 6.09 Å². The molecule has 0 N–H and O–H groups in total. The molecule has 1 aromatic rings. The third-order valence-corrected chi connectivity index (χ3v) is 5.07. The standard InChI is InChI=1S/C16H21NO5S/c1-23(19,20)22-16-8-7-14(9-16)10-17(12-16)15(18)21-11-13-5-3-2-4-6-13/h2-6,14H,7-12H2,1H3. The van der Waals surface area contributed by atoms with Crippen molar-refractivity contribution >= 4 is 16.2 Å². The summed E-state index contributed by atoms with van der Waals surface area (Å²) in [6, 6.07) is 9.46. The van der Waals surface area contributed by atoms with Gasteiger partial charge < -0.3 is 9.64 Å². The number of rotatable bonds is 4. The van der Waals surface area contributed by atoms with Crippen LogP contribution in [0.5, 0.6) is 0 Å². The molecule has 0 radical (unpaired) electrons. The van der Waals surface area contributed by atoms with Crippen LogP contribution in [0.1, 0.15) is 24.8 Å². The van der Waals surface area contributed by atoms with Crippen LogP contribution in [-0.4, -0.2) is 44.4 Å². The van der Waals surface area contributed by atoms with E-state index in [4.69, 9.17) is 8.92 Å². The lowest BCUT2D eigenvalue weighted by atomic mass is 9.95. The molecule has 6 nitrogen and oxygen atoms in total. The van der Waals surface area contributed by atoms with Gasteiger partial charge in [-0.15, -0.1) is 0 Å². The Morgan fingerprint density at radius 1 is 1.35 bits per heavy atom. The summed E-state index contributed by atoms with van der Waals surface area (Å²) in [5.41, 5.74) is 0.144. The molecule has 2 bridgehead atoms. The average molecular weight is 339 g/mol. The van der Waals surface area contributed by atoms with Crippen LogP contribution in [0.4, 0.5) is 4.79 Å². The minimum Gasteiger partial charge on any atom is -0.445 e. The summed E-state index contributed by atoms with van der Waals surface area (Å²) in [6.45, 7) is 1.08. The maximum absolute atomic E-state index is 12.3. The topological polar surface area (TPSA) is 72.9 Å². The van der Waals surface area contributed by atoms with E-state index in [1.165, 1.54) is 0 Å². The number of piperidine rings is 1. The van der Waals surface area contributed by atoms with Gasteiger partial charge in [-0.25, -0.2) is 4.79 Å². The Hall–Kier alpha value is -1.60. The smallest absolute Gasteiger partial charge is 0.410 e. The highest BCUT2D eigenvalue weighted by Gasteiger charge is 2.49. The molecule has 7 heteroatoms. The van der Waals surface area contributed by atoms with E-state index < -0.39 is 21.8 Å². The summed E-state index contributed by atoms with van der Waals surface area (Å²) in [5, 5.41) is 0. The van der Waals surface area contributed by atoms with Gasteiger partial charge in [-0.3, -0.25) is 4.18 Å². The Bertz CT molecular complexity index is 675. The number of carbonyl (C=O) groups is 1. The maximum Gasteiger partial charge on any atom is 0.410 e. The van der Waals surface area contributed by atoms with Crippen LogP contribution in [0, 0.1) is 5.92 Å². The van der Waals surface area contributed by atoms with Gasteiger partial charge in [0.05, 0.1) is 12.8 Å². The molecule has 23 heavy (non-hydrogen) atoms. The van der Waals surface area contributed by atoms with Crippen LogP contribution in [0.15, 0.2) is 30.3 Å². The van der Waals surface area contributed by atoms with Crippen molar-refractivity contribution in [2.45, 2.75) is 31.5 Å². The number of amides is 1. The van der Waals surface area contributed by atoms with Gasteiger partial charge in [0.25, 0.3) is 10.1 Å². The zero-order valence-corrected chi connectivity index (χ0v) is 13.9. The van der Waals surface area contributed by atoms with Crippen LogP contribution in [0.2, 0.25) is 0 Å². The summed E-state index contributed by atoms with van der Waals surface area (Å²) < 4.78 is 33.7. The van der Waals surface area contributed by atoms with Crippen molar-refractivity contribution in [2.75, 3.05) is 19.3 Å². The number of likely N-dealkylation sites (tertiary alicyclic amines) is 1. The van der Waals surface area contributed by atoms with Crippen molar-refractivity contribution in [3.05, 3.63) is 35.9 Å². The van der Waals surface area contributed by atoms with Crippen molar-refractivity contribution in [3.63, 3.8) is 0 Å². The van der Waals surface area contributed by atoms with Crippen molar-refractivity contribution < 1.29 is 22.1 Å². The van der Waals surface area contributed by atoms with Gasteiger partial charge in [-0.2, -0.15) is 8.42 Å². The number of ether oxygens (including phenoxy) is 1. The molecule has 2 aliphatic rings. The first-order valence-corrected chi connectivity index (χ1v) is 9.53. The van der Waals surface area contributed by atoms with E-state index in [0.717, 1.165) is 18.2 Å². The Morgan fingerprint density at radius 3 is 2.78 bits per heavy atom. The molecule has 1 heterocycles. The molecule has 126 valence electrons. The zero-order valence-electron chi connectivity index (χ0n) is 13.1. The number of benzene rings is 1. The molecule has 2 unspecified atom stereocenters. The third-order valence-electron chi connectivity index (χ3n) is 4.42. The summed E-state index contributed by atoms with van der Waals surface area (Å²) in [4.78, 5) is 13.9. The molecule has 2 fully saturated rings. The molecule has 1 amide bonds. The van der Waals surface area contributed by atoms with Gasteiger partial charge in [0, 0.05) is 6.54 Å². The minimum absolute atomic E-state index is 0.209. The summed E-state index contributed by atoms with van der Waals surface area (Å²) in [7, 11) is -3.55. The maximum atomic E-state index is 12.3. The second-order valence-corrected chi connectivity index (χ2v) is 8.07. The Morgan fingerprint density at radius 2 is 2.09 bits per heavy atom. The molecule has 1 saturated heterocycles. The predicted octanol–water partition coefficient (Wildman–Crippen LogP) is 2.15. The predicted molar refractivity (Wildman–Crippen MR) is 84.2 cm³/mol. The minimum atomic E-state index is -3.55. The highest BCUT2D eigenvalue weighted by atomic mass is 32.2. The van der Waals surface area contributed by atoms with Crippen molar-refractivity contribution in [2.24, 2.45) is 5.92 Å². The average Bonchev–Trinajstić information content (AvgIpc) is 2.78. The number of fused-ring (bicyclic) bond motifs is 2. The third kappa shape index (κ3) is 4.03. The van der Waals surface area contributed by atoms with Gasteiger partial charge in [-0.05, 0) is 30.7 Å². The molecule has 1 aliphatic heterocycles. The van der Waals surface area contributed by atoms with Gasteiger partial charge in [0.15, 0.2) is 0 Å². The first kappa shape index (κ1) is 16.3. The van der Waals surface area contributed by atoms with E-state index in [0.29, 0.717) is 19.4 Å². The Balaban J connectivity index is 1.63. The lowest BCUT2D eigenvalue weighted by Gasteiger charge is -2.38. The molecule has 1 saturated carbocycles. The lowest BCUT2D eigenvalue weighted by Crippen LogP contribution is -2.51. The van der Waals surface area contributed by atoms with E-state index >= 15 is 0 Å². The largest absolute Gasteiger partial charge is 0.445 e. The van der Waals surface area contributed by atoms with Crippen molar-refractivity contribution in [3.8, 4) is 0 Å². The second kappa shape index (κ2) is 6.13. The molecule has 1 aromatic carbocycles. The van der Waals surface area contributed by atoms with Crippen LogP contribution < -0.4 is 0 Å². The number of carbonyl (C=O) groups excluding carboxylic acids is 1. The van der Waals surface area contributed by atoms with E-state index in [9.17, 15) is 13.2 Å². The van der Waals surface area contributed by atoms with E-state index in [1.54, 1.807) is 4.90 Å². The van der Waals surface area contributed by atoms with Crippen molar-refractivity contribution in [1.29, 1.82) is 0 Å². The van der Waals surface area contributed by atoms with E-state index in [2.05, 4.69) is 0 Å². The summed E-state index contributed by atoms with van der Waals surface area (Å²) in [6.07, 6.45) is 2.86. The Labute approximate surface area is 136 Å². The molecule has 3 rings (SSSR count). The monoisotopic (exact) mass is 339 g/mol. The van der Waals surface area contributed by atoms with Gasteiger partial charge in [0.1, 0.15) is 12.2 Å². The van der Waals surface area contributed by atoms with Crippen LogP contribution in [0.25, 0.3) is 0 Å². The molecule has 0 spiro atoms. The number of hydrogen-bond donors (Lipinski definition) is 0. The van der Waals surface area contributed by atoms with Crippen LogP contribution >= 0.6 is 0 Å². The first-order valence-electron chi connectivity index (χ1n) is 7.72. The number of nitrogens with zero attached hydrogens (tertiary/aromatic N) is 1. The zero-order chi connectivity index (χ0) is 16.5. The van der Waals surface area contributed by atoms with Gasteiger partial charge in [0.2, 0.25) is 0 Å². The molecular formula is C16H21NO5S. The molecular weight excluding hydrogens is 318 g/mol. The van der Waals surface area contributed by atoms with Gasteiger partial charge in [-0.1, -0.05) is 30.3 Å². The number of hydrogen-bond acceptors (Lipinski definition) is 5. The fourth-order valence-electron chi connectivity index (χ4n) is 3.59. The summed E-state index contributed by atoms with van der Waals surface area (Å²) >= 11 is 0. The first-order chi connectivity index (χ1) is 10.9.